The first-order chi connectivity index (χ1) is 12.7. The highest BCUT2D eigenvalue weighted by Crippen LogP contribution is 2.33. The van der Waals surface area contributed by atoms with Gasteiger partial charge in [0.05, 0.1) is 5.01 Å². The molecule has 0 aliphatic rings. The van der Waals surface area contributed by atoms with Crippen LogP contribution in [0.1, 0.15) is 105 Å². The number of nitrogens with zero attached hydrogens (tertiary/aromatic N) is 1. The number of hydrogen-bond donors (Lipinski definition) is 0. The predicted molar refractivity (Wildman–Crippen MR) is 116 cm³/mol. The van der Waals surface area contributed by atoms with E-state index >= 15 is 0 Å². The Bertz CT molecular complexity index is 603. The van der Waals surface area contributed by atoms with Crippen LogP contribution in [0.25, 0.3) is 0 Å². The molecule has 0 aliphatic carbocycles. The quantitative estimate of drug-likeness (QED) is 0.323. The van der Waals surface area contributed by atoms with Crippen molar-refractivity contribution in [3.8, 4) is 0 Å². The molecule has 1 aromatic heterocycles. The maximum absolute atomic E-state index is 4.65. The Morgan fingerprint density at radius 2 is 1.54 bits per heavy atom. The van der Waals surface area contributed by atoms with Crippen molar-refractivity contribution in [2.45, 2.75) is 97.3 Å². The molecular formula is C24H37NS. The van der Waals surface area contributed by atoms with Crippen molar-refractivity contribution in [1.29, 1.82) is 0 Å². The second-order valence-electron chi connectivity index (χ2n) is 7.75. The molecular weight excluding hydrogens is 334 g/mol. The van der Waals surface area contributed by atoms with Crippen LogP contribution in [0.15, 0.2) is 29.8 Å². The number of thiazole rings is 1. The molecule has 1 atom stereocenters. The van der Waals surface area contributed by atoms with Crippen molar-refractivity contribution in [3.63, 3.8) is 0 Å². The summed E-state index contributed by atoms with van der Waals surface area (Å²) in [5.41, 5.74) is 4.24. The van der Waals surface area contributed by atoms with Gasteiger partial charge in [0.15, 0.2) is 0 Å². The first kappa shape index (κ1) is 21.2. The lowest BCUT2D eigenvalue weighted by atomic mass is 9.89. The lowest BCUT2D eigenvalue weighted by Gasteiger charge is -2.18. The number of aryl methyl sites for hydroxylation is 2. The molecule has 2 rings (SSSR count). The highest BCUT2D eigenvalue weighted by Gasteiger charge is 2.18. The van der Waals surface area contributed by atoms with Gasteiger partial charge in [-0.1, -0.05) is 94.9 Å². The summed E-state index contributed by atoms with van der Waals surface area (Å²) in [6, 6.07) is 6.86. The molecule has 0 saturated heterocycles. The second kappa shape index (κ2) is 12.3. The van der Waals surface area contributed by atoms with E-state index in [9.17, 15) is 0 Å². The third-order valence-electron chi connectivity index (χ3n) is 5.41. The summed E-state index contributed by atoms with van der Waals surface area (Å²) in [6.45, 7) is 6.73. The van der Waals surface area contributed by atoms with Crippen LogP contribution in [-0.4, -0.2) is 4.98 Å². The van der Waals surface area contributed by atoms with E-state index in [0.29, 0.717) is 5.92 Å². The van der Waals surface area contributed by atoms with Gasteiger partial charge < -0.3 is 0 Å². The van der Waals surface area contributed by atoms with E-state index in [2.05, 4.69) is 49.3 Å². The number of unbranched alkanes of at least 4 members (excludes halogenated alkanes) is 9. The molecule has 1 nitrogen and oxygen atoms in total. The third-order valence-corrected chi connectivity index (χ3v) is 6.30. The van der Waals surface area contributed by atoms with Gasteiger partial charge in [-0.25, -0.2) is 4.98 Å². The molecule has 2 heteroatoms. The minimum absolute atomic E-state index is 0.476. The molecule has 1 aromatic carbocycles. The SMILES string of the molecule is CCCCCCCCCCCCC(c1nccs1)c1cc(C)ccc1C. The molecule has 0 amide bonds. The van der Waals surface area contributed by atoms with Gasteiger partial charge in [0.1, 0.15) is 0 Å². The number of rotatable bonds is 13. The maximum atomic E-state index is 4.65. The van der Waals surface area contributed by atoms with Crippen LogP contribution < -0.4 is 0 Å². The summed E-state index contributed by atoms with van der Waals surface area (Å²) in [7, 11) is 0. The molecule has 0 radical (unpaired) electrons. The molecule has 0 fully saturated rings. The maximum Gasteiger partial charge on any atom is 0.0999 e. The minimum atomic E-state index is 0.476. The summed E-state index contributed by atoms with van der Waals surface area (Å²) >= 11 is 1.81. The Morgan fingerprint density at radius 1 is 0.885 bits per heavy atom. The Balaban J connectivity index is 1.76. The van der Waals surface area contributed by atoms with Gasteiger partial charge in [-0.15, -0.1) is 11.3 Å². The summed E-state index contributed by atoms with van der Waals surface area (Å²) in [5, 5.41) is 3.40. The van der Waals surface area contributed by atoms with Crippen molar-refractivity contribution < 1.29 is 0 Å². The van der Waals surface area contributed by atoms with Crippen LogP contribution in [0.4, 0.5) is 0 Å². The lowest BCUT2D eigenvalue weighted by molar-refractivity contribution is 0.539. The Morgan fingerprint density at radius 3 is 2.15 bits per heavy atom. The average Bonchev–Trinajstić information content (AvgIpc) is 3.16. The Labute approximate surface area is 165 Å². The average molecular weight is 372 g/mol. The van der Waals surface area contributed by atoms with Gasteiger partial charge in [-0.2, -0.15) is 0 Å². The Kier molecular flexibility index (Phi) is 9.99. The molecule has 0 bridgehead atoms. The first-order valence-electron chi connectivity index (χ1n) is 10.7. The van der Waals surface area contributed by atoms with Gasteiger partial charge >= 0.3 is 0 Å². The highest BCUT2D eigenvalue weighted by molar-refractivity contribution is 7.09. The molecule has 0 spiro atoms. The van der Waals surface area contributed by atoms with Crippen molar-refractivity contribution in [2.24, 2.45) is 0 Å². The minimum Gasteiger partial charge on any atom is -0.249 e. The van der Waals surface area contributed by atoms with Crippen LogP contribution >= 0.6 is 11.3 Å². The smallest absolute Gasteiger partial charge is 0.0999 e. The second-order valence-corrected chi connectivity index (χ2v) is 8.68. The van der Waals surface area contributed by atoms with Crippen LogP contribution in [-0.2, 0) is 0 Å². The third kappa shape index (κ3) is 7.23. The van der Waals surface area contributed by atoms with E-state index in [0.717, 1.165) is 0 Å². The van der Waals surface area contributed by atoms with E-state index < -0.39 is 0 Å². The zero-order chi connectivity index (χ0) is 18.6. The van der Waals surface area contributed by atoms with Gasteiger partial charge in [0.25, 0.3) is 0 Å². The summed E-state index contributed by atoms with van der Waals surface area (Å²) in [4.78, 5) is 4.65. The van der Waals surface area contributed by atoms with Gasteiger partial charge in [-0.3, -0.25) is 0 Å². The summed E-state index contributed by atoms with van der Waals surface area (Å²) in [5.74, 6) is 0.476. The molecule has 26 heavy (non-hydrogen) atoms. The fraction of sp³-hybridized carbons (Fsp3) is 0.625. The molecule has 2 aromatic rings. The monoisotopic (exact) mass is 371 g/mol. The first-order valence-corrected chi connectivity index (χ1v) is 11.6. The van der Waals surface area contributed by atoms with Crippen molar-refractivity contribution in [2.75, 3.05) is 0 Å². The van der Waals surface area contributed by atoms with E-state index in [-0.39, 0.29) is 0 Å². The fourth-order valence-electron chi connectivity index (χ4n) is 3.79. The Hall–Kier alpha value is -1.15. The number of aromatic nitrogens is 1. The molecule has 0 N–H and O–H groups in total. The van der Waals surface area contributed by atoms with Crippen molar-refractivity contribution >= 4 is 11.3 Å². The van der Waals surface area contributed by atoms with Crippen LogP contribution in [0.2, 0.25) is 0 Å². The fourth-order valence-corrected chi connectivity index (χ4v) is 4.58. The highest BCUT2D eigenvalue weighted by atomic mass is 32.1. The summed E-state index contributed by atoms with van der Waals surface area (Å²) in [6.07, 6.45) is 17.2. The topological polar surface area (TPSA) is 12.9 Å². The van der Waals surface area contributed by atoms with Crippen LogP contribution in [0.5, 0.6) is 0 Å². The number of hydrogen-bond acceptors (Lipinski definition) is 2. The zero-order valence-corrected chi connectivity index (χ0v) is 17.9. The molecule has 0 aliphatic heterocycles. The van der Waals surface area contributed by atoms with Crippen LogP contribution in [0, 0.1) is 13.8 Å². The number of benzene rings is 1. The van der Waals surface area contributed by atoms with E-state index in [1.807, 2.05) is 17.5 Å². The lowest BCUT2D eigenvalue weighted by Crippen LogP contribution is -2.04. The van der Waals surface area contributed by atoms with E-state index in [1.54, 1.807) is 0 Å². The van der Waals surface area contributed by atoms with E-state index in [4.69, 9.17) is 0 Å². The normalized spacial score (nSPS) is 12.4. The zero-order valence-electron chi connectivity index (χ0n) is 17.1. The van der Waals surface area contributed by atoms with Crippen molar-refractivity contribution in [1.82, 2.24) is 4.98 Å². The molecule has 1 unspecified atom stereocenters. The van der Waals surface area contributed by atoms with Gasteiger partial charge in [-0.05, 0) is 31.4 Å². The molecule has 1 heterocycles. The largest absolute Gasteiger partial charge is 0.249 e. The van der Waals surface area contributed by atoms with Gasteiger partial charge in [0, 0.05) is 17.5 Å². The van der Waals surface area contributed by atoms with Crippen molar-refractivity contribution in [3.05, 3.63) is 51.5 Å². The molecule has 0 saturated carbocycles. The standard InChI is InChI=1S/C24H37NS/c1-4-5-6-7-8-9-10-11-12-13-14-22(24-25-17-18-26-24)23-19-20(2)15-16-21(23)3/h15-19,22H,4-14H2,1-3H3. The summed E-state index contributed by atoms with van der Waals surface area (Å²) < 4.78 is 0. The predicted octanol–water partition coefficient (Wildman–Crippen LogP) is 8.20. The molecule has 144 valence electrons. The van der Waals surface area contributed by atoms with Gasteiger partial charge in [0.2, 0.25) is 0 Å². The van der Waals surface area contributed by atoms with E-state index in [1.165, 1.54) is 92.3 Å². The van der Waals surface area contributed by atoms with Crippen LogP contribution in [0.3, 0.4) is 0 Å².